The van der Waals surface area contributed by atoms with Gasteiger partial charge in [-0.3, -0.25) is 9.59 Å². The summed E-state index contributed by atoms with van der Waals surface area (Å²) >= 11 is 0. The van der Waals surface area contributed by atoms with Gasteiger partial charge in [-0.25, -0.2) is 4.98 Å². The van der Waals surface area contributed by atoms with E-state index in [1.165, 1.54) is 32.1 Å². The molecule has 216 valence electrons. The first-order valence-corrected chi connectivity index (χ1v) is 14.9. The van der Waals surface area contributed by atoms with E-state index in [-0.39, 0.29) is 17.9 Å². The van der Waals surface area contributed by atoms with Gasteiger partial charge in [-0.1, -0.05) is 26.2 Å². The third-order valence-corrected chi connectivity index (χ3v) is 8.85. The van der Waals surface area contributed by atoms with Crippen LogP contribution in [-0.4, -0.2) is 74.1 Å². The molecule has 2 N–H and O–H groups in total. The predicted molar refractivity (Wildman–Crippen MR) is 160 cm³/mol. The van der Waals surface area contributed by atoms with Gasteiger partial charge in [0.1, 0.15) is 17.6 Å². The molecule has 2 aromatic rings. The largest absolute Gasteiger partial charge is 0.495 e. The molecule has 9 nitrogen and oxygen atoms in total. The molecule has 5 rings (SSSR count). The number of carbonyl (C=O) groups is 2. The van der Waals surface area contributed by atoms with E-state index < -0.39 is 0 Å². The molecule has 1 saturated carbocycles. The summed E-state index contributed by atoms with van der Waals surface area (Å²) in [5, 5.41) is 6.44. The summed E-state index contributed by atoms with van der Waals surface area (Å²) < 4.78 is 5.65. The minimum atomic E-state index is -0.255. The Balaban J connectivity index is 1.29. The van der Waals surface area contributed by atoms with Gasteiger partial charge in [-0.2, -0.15) is 0 Å². The number of piperidine rings is 1. The Morgan fingerprint density at radius 3 is 2.52 bits per heavy atom. The minimum Gasteiger partial charge on any atom is -0.495 e. The number of carbonyl (C=O) groups excluding carboxylic acids is 2. The number of likely N-dealkylation sites (tertiary alicyclic amines) is 1. The topological polar surface area (TPSA) is 90.0 Å². The van der Waals surface area contributed by atoms with Crippen molar-refractivity contribution < 1.29 is 14.3 Å². The number of benzene rings is 1. The molecule has 1 aromatic heterocycles. The summed E-state index contributed by atoms with van der Waals surface area (Å²) in [6, 6.07) is 9.34. The molecule has 9 heteroatoms. The number of ether oxygens (including phenoxy) is 1. The monoisotopic (exact) mass is 548 g/mol. The lowest BCUT2D eigenvalue weighted by atomic mass is 9.92. The standard InChI is InChI=1S/C31H44N6O3/c1-21-14-17-36(18-15-21)19-16-32-30(38)23-10-11-25(27(20-23)40-4)33-28-13-12-26-29(34-28)37(22(2)31(39)35(26)3)24-8-6-5-7-9-24/h10-13,20-22,24H,5-9,14-19H2,1-4H3,(H,32,38)(H,33,34)/t22-/m1/s1. The van der Waals surface area contributed by atoms with Crippen LogP contribution in [0.5, 0.6) is 5.75 Å². The summed E-state index contributed by atoms with van der Waals surface area (Å²) in [4.78, 5) is 37.3. The Morgan fingerprint density at radius 2 is 1.80 bits per heavy atom. The van der Waals surface area contributed by atoms with Gasteiger partial charge in [0.25, 0.3) is 5.91 Å². The van der Waals surface area contributed by atoms with E-state index in [1.807, 2.05) is 38.2 Å². The molecule has 0 bridgehead atoms. The zero-order valence-corrected chi connectivity index (χ0v) is 24.4. The van der Waals surface area contributed by atoms with Gasteiger partial charge in [0.15, 0.2) is 5.82 Å². The van der Waals surface area contributed by atoms with Crippen molar-refractivity contribution in [1.29, 1.82) is 0 Å². The molecule has 2 fully saturated rings. The molecule has 0 radical (unpaired) electrons. The smallest absolute Gasteiger partial charge is 0.251 e. The summed E-state index contributed by atoms with van der Waals surface area (Å²) in [5.41, 5.74) is 2.12. The molecule has 3 aliphatic rings. The van der Waals surface area contributed by atoms with Crippen molar-refractivity contribution >= 4 is 34.8 Å². The third kappa shape index (κ3) is 6.04. The number of hydrogen-bond acceptors (Lipinski definition) is 7. The van der Waals surface area contributed by atoms with Crippen LogP contribution >= 0.6 is 0 Å². The fourth-order valence-corrected chi connectivity index (χ4v) is 6.30. The second kappa shape index (κ2) is 12.5. The lowest BCUT2D eigenvalue weighted by Crippen LogP contribution is -2.55. The zero-order valence-electron chi connectivity index (χ0n) is 24.4. The molecule has 2 amide bonds. The molecule has 0 unspecified atom stereocenters. The summed E-state index contributed by atoms with van der Waals surface area (Å²) in [7, 11) is 3.43. The van der Waals surface area contributed by atoms with Gasteiger partial charge in [-0.15, -0.1) is 0 Å². The fourth-order valence-electron chi connectivity index (χ4n) is 6.30. The first-order chi connectivity index (χ1) is 19.4. The van der Waals surface area contributed by atoms with Crippen LogP contribution in [0.25, 0.3) is 0 Å². The van der Waals surface area contributed by atoms with Crippen LogP contribution in [0, 0.1) is 5.92 Å². The quantitative estimate of drug-likeness (QED) is 0.490. The van der Waals surface area contributed by atoms with Crippen molar-refractivity contribution in [3.05, 3.63) is 35.9 Å². The highest BCUT2D eigenvalue weighted by molar-refractivity contribution is 6.04. The number of nitrogens with one attached hydrogen (secondary N) is 2. The van der Waals surface area contributed by atoms with E-state index in [4.69, 9.17) is 9.72 Å². The van der Waals surface area contributed by atoms with Crippen LogP contribution in [-0.2, 0) is 4.79 Å². The molecule has 1 aromatic carbocycles. The number of nitrogens with zero attached hydrogens (tertiary/aromatic N) is 4. The minimum absolute atomic E-state index is 0.0987. The van der Waals surface area contributed by atoms with E-state index in [0.29, 0.717) is 29.7 Å². The molecule has 1 saturated heterocycles. The lowest BCUT2D eigenvalue weighted by molar-refractivity contribution is -0.119. The van der Waals surface area contributed by atoms with Crippen molar-refractivity contribution in [3.63, 3.8) is 0 Å². The second-order valence-electron chi connectivity index (χ2n) is 11.6. The van der Waals surface area contributed by atoms with Crippen molar-refractivity contribution in [1.82, 2.24) is 15.2 Å². The Kier molecular flexibility index (Phi) is 8.78. The first-order valence-electron chi connectivity index (χ1n) is 14.9. The highest BCUT2D eigenvalue weighted by Gasteiger charge is 2.39. The van der Waals surface area contributed by atoms with Gasteiger partial charge in [0.2, 0.25) is 5.91 Å². The third-order valence-electron chi connectivity index (χ3n) is 8.85. The molecule has 3 heterocycles. The number of methoxy groups -OCH3 is 1. The molecule has 1 aliphatic carbocycles. The second-order valence-corrected chi connectivity index (χ2v) is 11.6. The number of rotatable bonds is 8. The van der Waals surface area contributed by atoms with E-state index in [2.05, 4.69) is 27.4 Å². The fraction of sp³-hybridized carbons (Fsp3) is 0.581. The maximum absolute atomic E-state index is 13.0. The molecule has 2 aliphatic heterocycles. The number of aromatic nitrogens is 1. The Hall–Kier alpha value is -3.33. The van der Waals surface area contributed by atoms with Gasteiger partial charge in [-0.05, 0) is 81.9 Å². The average molecular weight is 549 g/mol. The number of anilines is 4. The van der Waals surface area contributed by atoms with Crippen molar-refractivity contribution in [2.24, 2.45) is 5.92 Å². The Labute approximate surface area is 238 Å². The molecular formula is C31H44N6O3. The van der Waals surface area contributed by atoms with Crippen molar-refractivity contribution in [2.45, 2.75) is 70.9 Å². The molecule has 0 spiro atoms. The molecule has 1 atom stereocenters. The van der Waals surface area contributed by atoms with E-state index in [9.17, 15) is 9.59 Å². The van der Waals surface area contributed by atoms with E-state index >= 15 is 0 Å². The summed E-state index contributed by atoms with van der Waals surface area (Å²) in [5.74, 6) is 2.87. The van der Waals surface area contributed by atoms with Crippen LogP contribution in [0.2, 0.25) is 0 Å². The number of amides is 2. The lowest BCUT2D eigenvalue weighted by Gasteiger charge is -2.44. The normalized spacial score (nSPS) is 20.8. The maximum atomic E-state index is 13.0. The van der Waals surface area contributed by atoms with Gasteiger partial charge < -0.3 is 30.1 Å². The highest BCUT2D eigenvalue weighted by atomic mass is 16.5. The Morgan fingerprint density at radius 1 is 1.05 bits per heavy atom. The number of hydrogen-bond donors (Lipinski definition) is 2. The average Bonchev–Trinajstić information content (AvgIpc) is 2.98. The zero-order chi connectivity index (χ0) is 28.2. The van der Waals surface area contributed by atoms with Crippen LogP contribution in [0.4, 0.5) is 23.0 Å². The van der Waals surface area contributed by atoms with Crippen LogP contribution in [0.3, 0.4) is 0 Å². The van der Waals surface area contributed by atoms with Crippen molar-refractivity contribution in [2.75, 3.05) is 55.5 Å². The van der Waals surface area contributed by atoms with Crippen LogP contribution in [0.1, 0.15) is 69.2 Å². The van der Waals surface area contributed by atoms with Crippen LogP contribution < -0.4 is 25.2 Å². The molecular weight excluding hydrogens is 504 g/mol. The van der Waals surface area contributed by atoms with Gasteiger partial charge >= 0.3 is 0 Å². The van der Waals surface area contributed by atoms with Crippen LogP contribution in [0.15, 0.2) is 30.3 Å². The summed E-state index contributed by atoms with van der Waals surface area (Å²) in [6.45, 7) is 7.99. The van der Waals surface area contributed by atoms with Gasteiger partial charge in [0.05, 0.1) is 18.5 Å². The molecule has 40 heavy (non-hydrogen) atoms. The van der Waals surface area contributed by atoms with Gasteiger partial charge in [0, 0.05) is 31.7 Å². The van der Waals surface area contributed by atoms with E-state index in [1.54, 1.807) is 18.1 Å². The summed E-state index contributed by atoms with van der Waals surface area (Å²) in [6.07, 6.45) is 8.22. The number of pyridine rings is 1. The maximum Gasteiger partial charge on any atom is 0.251 e. The number of fused-ring (bicyclic) bond motifs is 1. The first kappa shape index (κ1) is 28.2. The highest BCUT2D eigenvalue weighted by Crippen LogP contribution is 2.40. The predicted octanol–water partition coefficient (Wildman–Crippen LogP) is 4.80. The SMILES string of the molecule is COc1cc(C(=O)NCCN2CCC(C)CC2)ccc1Nc1ccc2c(n1)N(C1CCCCC1)[C@H](C)C(=O)N2C. The van der Waals surface area contributed by atoms with Crippen molar-refractivity contribution in [3.8, 4) is 5.75 Å². The Bertz CT molecular complexity index is 1210. The number of likely N-dealkylation sites (N-methyl/N-ethyl adjacent to an activating group) is 1. The van der Waals surface area contributed by atoms with E-state index in [0.717, 1.165) is 55.6 Å².